The van der Waals surface area contributed by atoms with Crippen molar-refractivity contribution in [3.63, 3.8) is 0 Å². The average molecular weight is 407 g/mol. The molecule has 1 aliphatic carbocycles. The number of aliphatic hydroxyl groups excluding tert-OH is 1. The molecule has 0 spiro atoms. The molecule has 0 saturated heterocycles. The first kappa shape index (κ1) is 20.1. The van der Waals surface area contributed by atoms with Crippen LogP contribution in [-0.2, 0) is 29.0 Å². The van der Waals surface area contributed by atoms with Crippen molar-refractivity contribution in [3.8, 4) is 5.75 Å². The quantitative estimate of drug-likeness (QED) is 0.669. The van der Waals surface area contributed by atoms with E-state index in [1.165, 1.54) is 11.1 Å². The lowest BCUT2D eigenvalue weighted by Crippen LogP contribution is -2.16. The van der Waals surface area contributed by atoms with Crippen LogP contribution in [0.15, 0.2) is 40.1 Å². The molecule has 0 heterocycles. The molecule has 0 bridgehead atoms. The van der Waals surface area contributed by atoms with Crippen molar-refractivity contribution in [3.05, 3.63) is 52.0 Å². The highest BCUT2D eigenvalue weighted by atomic mass is 35.5. The van der Waals surface area contributed by atoms with Crippen LogP contribution in [0.4, 0.5) is 0 Å². The summed E-state index contributed by atoms with van der Waals surface area (Å²) in [4.78, 5) is 13.7. The molecule has 0 aromatic heterocycles. The number of rotatable bonds is 7. The third-order valence-corrected chi connectivity index (χ3v) is 6.10. The molecule has 0 atom stereocenters. The van der Waals surface area contributed by atoms with E-state index in [2.05, 4.69) is 0 Å². The lowest BCUT2D eigenvalue weighted by atomic mass is 9.91. The summed E-state index contributed by atoms with van der Waals surface area (Å²) in [6, 6.07) is 9.59. The van der Waals surface area contributed by atoms with Gasteiger partial charge in [-0.3, -0.25) is 0 Å². The van der Waals surface area contributed by atoms with E-state index in [0.717, 1.165) is 46.8 Å². The van der Waals surface area contributed by atoms with E-state index in [9.17, 15) is 9.90 Å². The van der Waals surface area contributed by atoms with Gasteiger partial charge >= 0.3 is 5.97 Å². The maximum atomic E-state index is 11.6. The van der Waals surface area contributed by atoms with E-state index in [4.69, 9.17) is 21.1 Å². The Kier molecular flexibility index (Phi) is 7.05. The second-order valence-corrected chi connectivity index (χ2v) is 7.84. The molecule has 0 fully saturated rings. The zero-order chi connectivity index (χ0) is 19.2. The predicted molar refractivity (Wildman–Crippen MR) is 107 cm³/mol. The summed E-state index contributed by atoms with van der Waals surface area (Å²) >= 11 is 8.01. The number of carbonyl (C=O) groups excluding carboxylic acids is 1. The Bertz CT molecular complexity index is 822. The molecule has 144 valence electrons. The summed E-state index contributed by atoms with van der Waals surface area (Å²) in [7, 11) is 0. The summed E-state index contributed by atoms with van der Waals surface area (Å²) in [5.41, 5.74) is 3.25. The fourth-order valence-corrected chi connectivity index (χ4v) is 4.55. The number of aliphatic hydroxyl groups is 1. The molecule has 2 aromatic carbocycles. The third kappa shape index (κ3) is 4.98. The highest BCUT2D eigenvalue weighted by Crippen LogP contribution is 2.41. The predicted octanol–water partition coefficient (Wildman–Crippen LogP) is 4.80. The number of halogens is 1. The van der Waals surface area contributed by atoms with Gasteiger partial charge in [0, 0.05) is 9.79 Å². The van der Waals surface area contributed by atoms with Gasteiger partial charge < -0.3 is 14.6 Å². The molecule has 0 aliphatic heterocycles. The molecule has 27 heavy (non-hydrogen) atoms. The molecule has 1 N–H and O–H groups in total. The van der Waals surface area contributed by atoms with Crippen LogP contribution in [0.2, 0.25) is 5.02 Å². The Morgan fingerprint density at radius 1 is 1.15 bits per heavy atom. The maximum Gasteiger partial charge on any atom is 0.344 e. The molecule has 0 radical (unpaired) electrons. The van der Waals surface area contributed by atoms with Crippen molar-refractivity contribution in [2.45, 2.75) is 49.0 Å². The summed E-state index contributed by atoms with van der Waals surface area (Å²) in [5, 5.41) is 9.88. The minimum absolute atomic E-state index is 0.0213. The fourth-order valence-electron chi connectivity index (χ4n) is 3.22. The van der Waals surface area contributed by atoms with Crippen LogP contribution in [0.5, 0.6) is 5.75 Å². The summed E-state index contributed by atoms with van der Waals surface area (Å²) in [5.74, 6) is 0.417. The topological polar surface area (TPSA) is 55.8 Å². The second-order valence-electron chi connectivity index (χ2n) is 6.34. The average Bonchev–Trinajstić information content (AvgIpc) is 2.69. The number of carbonyl (C=O) groups is 1. The van der Waals surface area contributed by atoms with E-state index < -0.39 is 0 Å². The number of esters is 1. The van der Waals surface area contributed by atoms with Gasteiger partial charge in [0.25, 0.3) is 0 Å². The van der Waals surface area contributed by atoms with E-state index in [1.54, 1.807) is 24.8 Å². The van der Waals surface area contributed by atoms with Crippen molar-refractivity contribution in [1.82, 2.24) is 0 Å². The van der Waals surface area contributed by atoms with Crippen LogP contribution in [0.25, 0.3) is 0 Å². The number of hydrogen-bond donors (Lipinski definition) is 1. The first-order chi connectivity index (χ1) is 13.1. The monoisotopic (exact) mass is 406 g/mol. The van der Waals surface area contributed by atoms with Gasteiger partial charge in [-0.25, -0.2) is 4.79 Å². The molecule has 0 saturated carbocycles. The second kappa shape index (κ2) is 9.49. The summed E-state index contributed by atoms with van der Waals surface area (Å²) in [6.07, 6.45) is 4.18. The Labute approximate surface area is 168 Å². The van der Waals surface area contributed by atoms with Gasteiger partial charge in [-0.2, -0.15) is 0 Å². The lowest BCUT2D eigenvalue weighted by Gasteiger charge is -2.22. The minimum Gasteiger partial charge on any atom is -0.482 e. The number of fused-ring (bicyclic) bond motifs is 1. The standard InChI is InChI=1S/C21H23ClO4S/c1-2-25-21(24)13-26-18-8-10-19(16-6-4-3-5-15(16)18)27-20-9-7-14(12-23)11-17(20)22/h7-11,23H,2-6,12-13H2,1H3. The van der Waals surface area contributed by atoms with Crippen molar-refractivity contribution in [2.24, 2.45) is 0 Å². The summed E-state index contributed by atoms with van der Waals surface area (Å²) < 4.78 is 10.7. The highest BCUT2D eigenvalue weighted by molar-refractivity contribution is 7.99. The first-order valence-electron chi connectivity index (χ1n) is 9.12. The smallest absolute Gasteiger partial charge is 0.344 e. The first-order valence-corrected chi connectivity index (χ1v) is 10.3. The van der Waals surface area contributed by atoms with Gasteiger partial charge in [-0.15, -0.1) is 0 Å². The fraction of sp³-hybridized carbons (Fsp3) is 0.381. The molecule has 1 aliphatic rings. The van der Waals surface area contributed by atoms with Gasteiger partial charge in [-0.05, 0) is 73.6 Å². The maximum absolute atomic E-state index is 11.6. The minimum atomic E-state index is -0.351. The molecular formula is C21H23ClO4S. The molecular weight excluding hydrogens is 384 g/mol. The Hall–Kier alpha value is -1.69. The van der Waals surface area contributed by atoms with Gasteiger partial charge in [0.15, 0.2) is 6.61 Å². The highest BCUT2D eigenvalue weighted by Gasteiger charge is 2.20. The normalized spacial score (nSPS) is 13.1. The Morgan fingerprint density at radius 3 is 2.59 bits per heavy atom. The van der Waals surface area contributed by atoms with Crippen LogP contribution in [-0.4, -0.2) is 24.3 Å². The van der Waals surface area contributed by atoms with E-state index >= 15 is 0 Å². The van der Waals surface area contributed by atoms with Crippen molar-refractivity contribution >= 4 is 29.3 Å². The van der Waals surface area contributed by atoms with Crippen molar-refractivity contribution in [2.75, 3.05) is 13.2 Å². The zero-order valence-corrected chi connectivity index (χ0v) is 16.9. The van der Waals surface area contributed by atoms with Crippen LogP contribution in [0.1, 0.15) is 36.5 Å². The van der Waals surface area contributed by atoms with Gasteiger partial charge in [-0.1, -0.05) is 29.4 Å². The third-order valence-electron chi connectivity index (χ3n) is 4.50. The lowest BCUT2D eigenvalue weighted by molar-refractivity contribution is -0.145. The van der Waals surface area contributed by atoms with Crippen LogP contribution in [0.3, 0.4) is 0 Å². The molecule has 0 amide bonds. The number of ether oxygens (including phenoxy) is 2. The van der Waals surface area contributed by atoms with E-state index in [0.29, 0.717) is 11.6 Å². The molecule has 3 rings (SSSR count). The van der Waals surface area contributed by atoms with Crippen LogP contribution >= 0.6 is 23.4 Å². The number of hydrogen-bond acceptors (Lipinski definition) is 5. The Balaban J connectivity index is 1.83. The van der Waals surface area contributed by atoms with E-state index in [1.807, 2.05) is 24.3 Å². The SMILES string of the molecule is CCOC(=O)COc1ccc(Sc2ccc(CO)cc2Cl)c2c1CCCC2. The number of benzene rings is 2. The van der Waals surface area contributed by atoms with Crippen molar-refractivity contribution < 1.29 is 19.4 Å². The molecule has 6 heteroatoms. The van der Waals surface area contributed by atoms with Crippen LogP contribution in [0, 0.1) is 0 Å². The van der Waals surface area contributed by atoms with Crippen molar-refractivity contribution in [1.29, 1.82) is 0 Å². The van der Waals surface area contributed by atoms with Gasteiger partial charge in [0.2, 0.25) is 0 Å². The zero-order valence-electron chi connectivity index (χ0n) is 15.3. The largest absolute Gasteiger partial charge is 0.482 e. The summed E-state index contributed by atoms with van der Waals surface area (Å²) in [6.45, 7) is 2.05. The molecule has 4 nitrogen and oxygen atoms in total. The molecule has 2 aromatic rings. The van der Waals surface area contributed by atoms with Gasteiger partial charge in [0.1, 0.15) is 5.75 Å². The van der Waals surface area contributed by atoms with E-state index in [-0.39, 0.29) is 19.2 Å². The van der Waals surface area contributed by atoms with Gasteiger partial charge in [0.05, 0.1) is 18.2 Å². The molecule has 0 unspecified atom stereocenters. The van der Waals surface area contributed by atoms with Crippen LogP contribution < -0.4 is 4.74 Å². The Morgan fingerprint density at radius 2 is 1.89 bits per heavy atom.